The molecule has 108 valence electrons. The van der Waals surface area contributed by atoms with E-state index in [4.69, 9.17) is 10.2 Å². The highest BCUT2D eigenvalue weighted by molar-refractivity contribution is 9.10. The fourth-order valence-corrected chi connectivity index (χ4v) is 2.35. The number of aliphatic hydroxyl groups excluding tert-OH is 2. The monoisotopic (exact) mass is 342 g/mol. The Morgan fingerprint density at radius 2 is 2.25 bits per heavy atom. The van der Waals surface area contributed by atoms with Crippen molar-refractivity contribution in [2.24, 2.45) is 0 Å². The zero-order chi connectivity index (χ0) is 14.7. The number of amides is 2. The molecule has 2 rings (SSSR count). The summed E-state index contributed by atoms with van der Waals surface area (Å²) in [5.74, 6) is -0.545. The molecule has 1 unspecified atom stereocenters. The van der Waals surface area contributed by atoms with Crippen LogP contribution in [0.25, 0.3) is 0 Å². The van der Waals surface area contributed by atoms with Gasteiger partial charge in [0.05, 0.1) is 12.7 Å². The fourth-order valence-electron chi connectivity index (χ4n) is 1.99. The van der Waals surface area contributed by atoms with Gasteiger partial charge in [0.2, 0.25) is 5.91 Å². The average molecular weight is 343 g/mol. The molecule has 0 aromatic heterocycles. The summed E-state index contributed by atoms with van der Waals surface area (Å²) in [7, 11) is 0. The highest BCUT2D eigenvalue weighted by Crippen LogP contribution is 2.25. The first-order chi connectivity index (χ1) is 9.51. The second kappa shape index (κ2) is 6.34. The number of rotatable bonds is 5. The Kier molecular flexibility index (Phi) is 4.74. The first kappa shape index (κ1) is 15.0. The molecule has 0 spiro atoms. The molecule has 2 amide bonds. The van der Waals surface area contributed by atoms with E-state index in [1.807, 2.05) is 12.1 Å². The molecular weight excluding hydrogens is 328 g/mol. The van der Waals surface area contributed by atoms with Crippen LogP contribution in [0.2, 0.25) is 0 Å². The third kappa shape index (κ3) is 3.36. The first-order valence-electron chi connectivity index (χ1n) is 6.14. The van der Waals surface area contributed by atoms with Gasteiger partial charge in [0.1, 0.15) is 6.54 Å². The molecule has 1 aromatic rings. The number of nitrogens with one attached hydrogen (secondary N) is 1. The average Bonchev–Trinajstić information content (AvgIpc) is 2.73. The zero-order valence-corrected chi connectivity index (χ0v) is 12.3. The number of carbonyl (C=O) groups excluding carboxylic acids is 2. The third-order valence-electron chi connectivity index (χ3n) is 3.03. The van der Waals surface area contributed by atoms with Gasteiger partial charge in [-0.2, -0.15) is 0 Å². The lowest BCUT2D eigenvalue weighted by molar-refractivity contribution is -0.122. The lowest BCUT2D eigenvalue weighted by Gasteiger charge is -2.16. The van der Waals surface area contributed by atoms with Crippen molar-refractivity contribution in [1.29, 1.82) is 0 Å². The lowest BCUT2D eigenvalue weighted by atomic mass is 10.1. The Morgan fingerprint density at radius 3 is 2.95 bits per heavy atom. The number of fused-ring (bicyclic) bond motifs is 1. The van der Waals surface area contributed by atoms with E-state index in [0.29, 0.717) is 12.1 Å². The van der Waals surface area contributed by atoms with Crippen molar-refractivity contribution in [2.45, 2.75) is 12.6 Å². The molecule has 1 aromatic carbocycles. The maximum absolute atomic E-state index is 12.1. The van der Waals surface area contributed by atoms with E-state index in [0.717, 1.165) is 10.0 Å². The molecular formula is C13H15BrN2O4. The largest absolute Gasteiger partial charge is 0.394 e. The van der Waals surface area contributed by atoms with Gasteiger partial charge in [-0.3, -0.25) is 9.59 Å². The zero-order valence-electron chi connectivity index (χ0n) is 10.7. The van der Waals surface area contributed by atoms with Crippen LogP contribution in [0.3, 0.4) is 0 Å². The van der Waals surface area contributed by atoms with E-state index in [2.05, 4.69) is 21.2 Å². The summed E-state index contributed by atoms with van der Waals surface area (Å²) in [6.45, 7) is -0.112. The Balaban J connectivity index is 1.93. The molecule has 20 heavy (non-hydrogen) atoms. The second-order valence-corrected chi connectivity index (χ2v) is 5.52. The van der Waals surface area contributed by atoms with Crippen molar-refractivity contribution >= 4 is 27.7 Å². The number of nitrogens with zero attached hydrogens (tertiary/aromatic N) is 1. The summed E-state index contributed by atoms with van der Waals surface area (Å²) < 4.78 is 0.821. The highest BCUT2D eigenvalue weighted by Gasteiger charge is 2.28. The molecule has 0 saturated heterocycles. The van der Waals surface area contributed by atoms with Crippen molar-refractivity contribution in [3.05, 3.63) is 33.8 Å². The van der Waals surface area contributed by atoms with Gasteiger partial charge in [-0.15, -0.1) is 0 Å². The predicted molar refractivity (Wildman–Crippen MR) is 75.0 cm³/mol. The molecule has 0 fully saturated rings. The van der Waals surface area contributed by atoms with Crippen molar-refractivity contribution < 1.29 is 19.8 Å². The van der Waals surface area contributed by atoms with E-state index in [-0.39, 0.29) is 24.9 Å². The van der Waals surface area contributed by atoms with Crippen LogP contribution < -0.4 is 5.32 Å². The molecule has 0 saturated carbocycles. The molecule has 6 nitrogen and oxygen atoms in total. The van der Waals surface area contributed by atoms with Gasteiger partial charge in [-0.1, -0.05) is 22.0 Å². The normalized spacial score (nSPS) is 15.2. The molecule has 7 heteroatoms. The Bertz CT molecular complexity index is 535. The Labute approximate surface area is 124 Å². The minimum Gasteiger partial charge on any atom is -0.394 e. The van der Waals surface area contributed by atoms with Crippen molar-refractivity contribution in [1.82, 2.24) is 10.2 Å². The molecule has 0 radical (unpaired) electrons. The van der Waals surface area contributed by atoms with Crippen molar-refractivity contribution in [3.63, 3.8) is 0 Å². The molecule has 1 atom stereocenters. The van der Waals surface area contributed by atoms with Gasteiger partial charge in [-0.25, -0.2) is 0 Å². The first-order valence-corrected chi connectivity index (χ1v) is 6.94. The Morgan fingerprint density at radius 1 is 1.50 bits per heavy atom. The maximum atomic E-state index is 12.1. The van der Waals surface area contributed by atoms with Crippen LogP contribution in [0.5, 0.6) is 0 Å². The SMILES string of the molecule is O=C(CN1Cc2ccc(Br)cc2C1=O)NCC(O)CO. The lowest BCUT2D eigenvalue weighted by Crippen LogP contribution is -2.41. The minimum atomic E-state index is -0.985. The van der Waals surface area contributed by atoms with Gasteiger partial charge in [0, 0.05) is 23.1 Å². The number of carbonyl (C=O) groups is 2. The van der Waals surface area contributed by atoms with E-state index in [1.54, 1.807) is 6.07 Å². The molecule has 0 bridgehead atoms. The van der Waals surface area contributed by atoms with Gasteiger partial charge < -0.3 is 20.4 Å². The number of benzene rings is 1. The van der Waals surface area contributed by atoms with Crippen LogP contribution >= 0.6 is 15.9 Å². The number of halogens is 1. The van der Waals surface area contributed by atoms with Gasteiger partial charge >= 0.3 is 0 Å². The van der Waals surface area contributed by atoms with E-state index >= 15 is 0 Å². The second-order valence-electron chi connectivity index (χ2n) is 4.60. The minimum absolute atomic E-state index is 0.0319. The van der Waals surface area contributed by atoms with Gasteiger partial charge in [0.25, 0.3) is 5.91 Å². The van der Waals surface area contributed by atoms with Crippen LogP contribution in [0.4, 0.5) is 0 Å². The van der Waals surface area contributed by atoms with Crippen molar-refractivity contribution in [3.8, 4) is 0 Å². The van der Waals surface area contributed by atoms with Crippen molar-refractivity contribution in [2.75, 3.05) is 19.7 Å². The number of hydrogen-bond acceptors (Lipinski definition) is 4. The van der Waals surface area contributed by atoms with Crippen LogP contribution in [-0.4, -0.2) is 52.7 Å². The number of aliphatic hydroxyl groups is 2. The third-order valence-corrected chi connectivity index (χ3v) is 3.52. The van der Waals surface area contributed by atoms with Gasteiger partial charge in [-0.05, 0) is 17.7 Å². The summed E-state index contributed by atoms with van der Waals surface area (Å²) in [5.41, 5.74) is 1.49. The predicted octanol–water partition coefficient (Wildman–Crippen LogP) is -0.126. The van der Waals surface area contributed by atoms with Crippen LogP contribution in [0.1, 0.15) is 15.9 Å². The summed E-state index contributed by atoms with van der Waals surface area (Å²) in [6.07, 6.45) is -0.985. The molecule has 1 heterocycles. The number of hydrogen-bond donors (Lipinski definition) is 3. The summed E-state index contributed by atoms with van der Waals surface area (Å²) in [6, 6.07) is 5.45. The Hall–Kier alpha value is -1.44. The quantitative estimate of drug-likeness (QED) is 0.695. The van der Waals surface area contributed by atoms with Crippen LogP contribution in [-0.2, 0) is 11.3 Å². The van der Waals surface area contributed by atoms with E-state index in [9.17, 15) is 9.59 Å². The van der Waals surface area contributed by atoms with Crippen LogP contribution in [0, 0.1) is 0 Å². The van der Waals surface area contributed by atoms with E-state index < -0.39 is 12.7 Å². The van der Waals surface area contributed by atoms with Crippen LogP contribution in [0.15, 0.2) is 22.7 Å². The molecule has 3 N–H and O–H groups in total. The van der Waals surface area contributed by atoms with Gasteiger partial charge in [0.15, 0.2) is 0 Å². The summed E-state index contributed by atoms with van der Waals surface area (Å²) in [5, 5.41) is 20.3. The summed E-state index contributed by atoms with van der Waals surface area (Å²) in [4.78, 5) is 25.2. The topological polar surface area (TPSA) is 89.9 Å². The molecule has 1 aliphatic rings. The summed E-state index contributed by atoms with van der Waals surface area (Å²) >= 11 is 3.31. The standard InChI is InChI=1S/C13H15BrN2O4/c14-9-2-1-8-5-16(13(20)11(8)3-9)6-12(19)15-4-10(18)7-17/h1-3,10,17-18H,4-7H2,(H,15,19). The fraction of sp³-hybridized carbons (Fsp3) is 0.385. The maximum Gasteiger partial charge on any atom is 0.255 e. The molecule has 0 aliphatic carbocycles. The smallest absolute Gasteiger partial charge is 0.255 e. The molecule has 1 aliphatic heterocycles. The van der Waals surface area contributed by atoms with E-state index in [1.165, 1.54) is 4.90 Å². The highest BCUT2D eigenvalue weighted by atomic mass is 79.9.